The van der Waals surface area contributed by atoms with Gasteiger partial charge in [-0.1, -0.05) is 13.8 Å². The number of rotatable bonds is 6. The van der Waals surface area contributed by atoms with Crippen molar-refractivity contribution in [3.8, 4) is 5.75 Å². The molecule has 0 bridgehead atoms. The van der Waals surface area contributed by atoms with Gasteiger partial charge in [0.15, 0.2) is 0 Å². The van der Waals surface area contributed by atoms with Crippen LogP contribution in [0.4, 0.5) is 4.39 Å². The van der Waals surface area contributed by atoms with Crippen molar-refractivity contribution in [2.75, 3.05) is 27.3 Å². The van der Waals surface area contributed by atoms with Gasteiger partial charge in [-0.05, 0) is 18.2 Å². The number of benzene rings is 1. The first-order valence-corrected chi connectivity index (χ1v) is 6.02. The van der Waals surface area contributed by atoms with Crippen LogP contribution in [0.25, 0.3) is 0 Å². The van der Waals surface area contributed by atoms with Gasteiger partial charge in [-0.25, -0.2) is 4.39 Å². The lowest BCUT2D eigenvalue weighted by atomic mass is 9.84. The smallest absolute Gasteiger partial charge is 0.319 e. The van der Waals surface area contributed by atoms with E-state index in [2.05, 4.69) is 10.1 Å². The summed E-state index contributed by atoms with van der Waals surface area (Å²) in [7, 11) is 2.89. The number of hydrogen-bond donors (Lipinski definition) is 1. The van der Waals surface area contributed by atoms with Crippen LogP contribution in [0.3, 0.4) is 0 Å². The standard InChI is InChI=1S/C14H20FNO3/c1-14(2,9-16-8-13(17)19-4)11-7-10(15)5-6-12(11)18-3/h5-7,16H,8-9H2,1-4H3. The van der Waals surface area contributed by atoms with Gasteiger partial charge in [0.2, 0.25) is 0 Å². The fourth-order valence-corrected chi connectivity index (χ4v) is 1.85. The van der Waals surface area contributed by atoms with E-state index >= 15 is 0 Å². The molecule has 4 nitrogen and oxygen atoms in total. The largest absolute Gasteiger partial charge is 0.496 e. The number of carbonyl (C=O) groups excluding carboxylic acids is 1. The Morgan fingerprint density at radius 3 is 2.63 bits per heavy atom. The van der Waals surface area contributed by atoms with Gasteiger partial charge >= 0.3 is 5.97 Å². The average molecular weight is 269 g/mol. The van der Waals surface area contributed by atoms with E-state index in [0.29, 0.717) is 12.3 Å². The summed E-state index contributed by atoms with van der Waals surface area (Å²) in [5.41, 5.74) is 0.383. The second kappa shape index (κ2) is 6.52. The van der Waals surface area contributed by atoms with Crippen LogP contribution in [0.2, 0.25) is 0 Å². The van der Waals surface area contributed by atoms with Gasteiger partial charge in [0.25, 0.3) is 0 Å². The number of halogens is 1. The van der Waals surface area contributed by atoms with Crippen LogP contribution in [0.15, 0.2) is 18.2 Å². The Bertz CT molecular complexity index is 446. The monoisotopic (exact) mass is 269 g/mol. The maximum atomic E-state index is 13.4. The normalized spacial score (nSPS) is 11.2. The van der Waals surface area contributed by atoms with E-state index in [4.69, 9.17) is 4.74 Å². The molecule has 0 saturated heterocycles. The average Bonchev–Trinajstić information content (AvgIpc) is 2.38. The molecule has 0 aliphatic carbocycles. The van der Waals surface area contributed by atoms with Gasteiger partial charge in [-0.15, -0.1) is 0 Å². The Labute approximate surface area is 112 Å². The third kappa shape index (κ3) is 4.21. The van der Waals surface area contributed by atoms with Crippen molar-refractivity contribution < 1.29 is 18.7 Å². The number of methoxy groups -OCH3 is 2. The number of esters is 1. The zero-order valence-corrected chi connectivity index (χ0v) is 11.7. The Hall–Kier alpha value is -1.62. The molecule has 106 valence electrons. The van der Waals surface area contributed by atoms with Crippen molar-refractivity contribution in [2.45, 2.75) is 19.3 Å². The minimum Gasteiger partial charge on any atom is -0.496 e. The summed E-state index contributed by atoms with van der Waals surface area (Å²) in [6.45, 7) is 4.53. The van der Waals surface area contributed by atoms with E-state index in [1.807, 2.05) is 13.8 Å². The van der Waals surface area contributed by atoms with Crippen LogP contribution in [-0.4, -0.2) is 33.3 Å². The highest BCUT2D eigenvalue weighted by atomic mass is 19.1. The summed E-state index contributed by atoms with van der Waals surface area (Å²) in [5.74, 6) is -0.00915. The van der Waals surface area contributed by atoms with Gasteiger partial charge in [0.05, 0.1) is 20.8 Å². The van der Waals surface area contributed by atoms with Gasteiger partial charge in [-0.2, -0.15) is 0 Å². The second-order valence-corrected chi connectivity index (χ2v) is 4.91. The molecule has 1 aromatic carbocycles. The van der Waals surface area contributed by atoms with E-state index in [0.717, 1.165) is 5.56 Å². The van der Waals surface area contributed by atoms with E-state index in [-0.39, 0.29) is 23.7 Å². The predicted octanol–water partition coefficient (Wildman–Crippen LogP) is 1.87. The van der Waals surface area contributed by atoms with Crippen LogP contribution in [0, 0.1) is 5.82 Å². The molecular weight excluding hydrogens is 249 g/mol. The van der Waals surface area contributed by atoms with E-state index in [1.54, 1.807) is 13.2 Å². The first kappa shape index (κ1) is 15.4. The molecule has 0 spiro atoms. The van der Waals surface area contributed by atoms with E-state index in [1.165, 1.54) is 19.2 Å². The fourth-order valence-electron chi connectivity index (χ4n) is 1.85. The summed E-state index contributed by atoms with van der Waals surface area (Å²) >= 11 is 0. The molecule has 0 aliphatic heterocycles. The SMILES string of the molecule is COC(=O)CNCC(C)(C)c1cc(F)ccc1OC. The third-order valence-corrected chi connectivity index (χ3v) is 2.95. The van der Waals surface area contributed by atoms with Crippen molar-refractivity contribution in [1.29, 1.82) is 0 Å². The highest BCUT2D eigenvalue weighted by molar-refractivity contribution is 5.71. The summed E-state index contributed by atoms with van der Waals surface area (Å²) < 4.78 is 23.2. The van der Waals surface area contributed by atoms with Crippen molar-refractivity contribution in [3.63, 3.8) is 0 Å². The van der Waals surface area contributed by atoms with Crippen molar-refractivity contribution >= 4 is 5.97 Å². The molecule has 0 unspecified atom stereocenters. The molecule has 0 heterocycles. The molecule has 0 saturated carbocycles. The van der Waals surface area contributed by atoms with Crippen LogP contribution >= 0.6 is 0 Å². The molecule has 0 fully saturated rings. The summed E-state index contributed by atoms with van der Waals surface area (Å²) in [6.07, 6.45) is 0. The molecule has 0 aliphatic rings. The molecule has 19 heavy (non-hydrogen) atoms. The quantitative estimate of drug-likeness (QED) is 0.801. The highest BCUT2D eigenvalue weighted by Gasteiger charge is 2.25. The zero-order chi connectivity index (χ0) is 14.5. The number of carbonyl (C=O) groups is 1. The highest BCUT2D eigenvalue weighted by Crippen LogP contribution is 2.31. The minimum atomic E-state index is -0.374. The lowest BCUT2D eigenvalue weighted by Gasteiger charge is -2.27. The van der Waals surface area contributed by atoms with Crippen LogP contribution in [0.1, 0.15) is 19.4 Å². The molecular formula is C14H20FNO3. The zero-order valence-electron chi connectivity index (χ0n) is 11.7. The molecule has 1 aromatic rings. The van der Waals surface area contributed by atoms with Gasteiger partial charge in [0.1, 0.15) is 11.6 Å². The van der Waals surface area contributed by atoms with Crippen molar-refractivity contribution in [2.24, 2.45) is 0 Å². The molecule has 1 N–H and O–H groups in total. The molecule has 0 radical (unpaired) electrons. The first-order chi connectivity index (χ1) is 8.90. The lowest BCUT2D eigenvalue weighted by Crippen LogP contribution is -2.36. The first-order valence-electron chi connectivity index (χ1n) is 6.02. The lowest BCUT2D eigenvalue weighted by molar-refractivity contribution is -0.139. The number of nitrogens with one attached hydrogen (secondary N) is 1. The Balaban J connectivity index is 2.81. The topological polar surface area (TPSA) is 47.6 Å². The van der Waals surface area contributed by atoms with Gasteiger partial charge in [0, 0.05) is 17.5 Å². The van der Waals surface area contributed by atoms with Gasteiger partial charge < -0.3 is 14.8 Å². The Morgan fingerprint density at radius 1 is 1.37 bits per heavy atom. The second-order valence-electron chi connectivity index (χ2n) is 4.91. The van der Waals surface area contributed by atoms with Crippen LogP contribution < -0.4 is 10.1 Å². The van der Waals surface area contributed by atoms with Crippen LogP contribution in [-0.2, 0) is 14.9 Å². The van der Waals surface area contributed by atoms with Crippen molar-refractivity contribution in [1.82, 2.24) is 5.32 Å². The molecule has 0 atom stereocenters. The van der Waals surface area contributed by atoms with Crippen molar-refractivity contribution in [3.05, 3.63) is 29.6 Å². The number of ether oxygens (including phenoxy) is 2. The van der Waals surface area contributed by atoms with E-state index in [9.17, 15) is 9.18 Å². The number of hydrogen-bond acceptors (Lipinski definition) is 4. The molecule has 0 amide bonds. The molecule has 0 aromatic heterocycles. The fraction of sp³-hybridized carbons (Fsp3) is 0.500. The third-order valence-electron chi connectivity index (χ3n) is 2.95. The summed E-state index contributed by atoms with van der Waals surface area (Å²) in [4.78, 5) is 11.0. The Morgan fingerprint density at radius 2 is 2.05 bits per heavy atom. The van der Waals surface area contributed by atoms with E-state index < -0.39 is 0 Å². The maximum Gasteiger partial charge on any atom is 0.319 e. The molecule has 5 heteroatoms. The molecule has 1 rings (SSSR count). The maximum absolute atomic E-state index is 13.4. The summed E-state index contributed by atoms with van der Waals surface area (Å²) in [6, 6.07) is 4.42. The minimum absolute atomic E-state index is 0.123. The summed E-state index contributed by atoms with van der Waals surface area (Å²) in [5, 5.41) is 2.99. The Kier molecular flexibility index (Phi) is 5.30. The predicted molar refractivity (Wildman–Crippen MR) is 70.9 cm³/mol. The van der Waals surface area contributed by atoms with Gasteiger partial charge in [-0.3, -0.25) is 4.79 Å². The van der Waals surface area contributed by atoms with Crippen LogP contribution in [0.5, 0.6) is 5.75 Å².